The second kappa shape index (κ2) is 12.9. The van der Waals surface area contributed by atoms with Crippen LogP contribution in [0.2, 0.25) is 0 Å². The van der Waals surface area contributed by atoms with Crippen molar-refractivity contribution in [3.05, 3.63) is 89.0 Å². The molecule has 1 amide bonds. The molecule has 5 nitrogen and oxygen atoms in total. The van der Waals surface area contributed by atoms with E-state index in [1.807, 2.05) is 31.2 Å². The summed E-state index contributed by atoms with van der Waals surface area (Å²) in [6, 6.07) is 17.5. The molecule has 4 rings (SSSR count). The first-order chi connectivity index (χ1) is 16.7. The summed E-state index contributed by atoms with van der Waals surface area (Å²) in [7, 11) is 3.25. The smallest absolute Gasteiger partial charge is 0.416 e. The minimum Gasteiger partial charge on any atom is -0.457 e. The van der Waals surface area contributed by atoms with Crippen molar-refractivity contribution in [2.75, 3.05) is 32.3 Å². The lowest BCUT2D eigenvalue weighted by Gasteiger charge is -2.30. The highest BCUT2D eigenvalue weighted by Crippen LogP contribution is 2.35. The van der Waals surface area contributed by atoms with Crippen molar-refractivity contribution in [1.29, 1.82) is 0 Å². The number of ether oxygens (including phenoxy) is 2. The Kier molecular flexibility index (Phi) is 10.3. The Bertz CT molecular complexity index is 1100. The molecule has 3 aromatic rings. The number of carbonyl (C=O) groups excluding carboxylic acids is 1. The molecule has 0 aliphatic carbocycles. The SMILES string of the molecule is CCO.COC.Cc1cccc(N2CCc3c(Oc4ccc(C(F)(F)F)cc4)cccc3C2=O)c1. The molecular formula is C27H30F3NO4. The van der Waals surface area contributed by atoms with E-state index >= 15 is 0 Å². The maximum Gasteiger partial charge on any atom is 0.416 e. The molecule has 0 bridgehead atoms. The van der Waals surface area contributed by atoms with Crippen LogP contribution in [0.4, 0.5) is 18.9 Å². The Hall–Kier alpha value is -3.36. The Morgan fingerprint density at radius 1 is 1.00 bits per heavy atom. The zero-order valence-corrected chi connectivity index (χ0v) is 20.2. The summed E-state index contributed by atoms with van der Waals surface area (Å²) < 4.78 is 48.3. The van der Waals surface area contributed by atoms with Crippen molar-refractivity contribution in [2.45, 2.75) is 26.4 Å². The second-order valence-corrected chi connectivity index (χ2v) is 7.68. The van der Waals surface area contributed by atoms with Gasteiger partial charge in [0.2, 0.25) is 0 Å². The predicted molar refractivity (Wildman–Crippen MR) is 130 cm³/mol. The number of alkyl halides is 3. The van der Waals surface area contributed by atoms with E-state index in [-0.39, 0.29) is 12.5 Å². The number of anilines is 1. The van der Waals surface area contributed by atoms with E-state index in [1.165, 1.54) is 12.1 Å². The maximum absolute atomic E-state index is 13.0. The molecule has 3 aromatic carbocycles. The molecule has 0 aromatic heterocycles. The largest absolute Gasteiger partial charge is 0.457 e. The molecule has 0 unspecified atom stereocenters. The van der Waals surface area contributed by atoms with Gasteiger partial charge in [0, 0.05) is 44.2 Å². The summed E-state index contributed by atoms with van der Waals surface area (Å²) in [6.45, 7) is 4.41. The minimum absolute atomic E-state index is 0.116. The number of aryl methyl sites for hydroxylation is 1. The molecule has 1 aliphatic heterocycles. The lowest BCUT2D eigenvalue weighted by atomic mass is 9.97. The fraction of sp³-hybridized carbons (Fsp3) is 0.296. The Balaban J connectivity index is 0.000000655. The van der Waals surface area contributed by atoms with Gasteiger partial charge in [0.25, 0.3) is 5.91 Å². The molecule has 0 radical (unpaired) electrons. The zero-order valence-electron chi connectivity index (χ0n) is 20.2. The Morgan fingerprint density at radius 2 is 1.60 bits per heavy atom. The highest BCUT2D eigenvalue weighted by atomic mass is 19.4. The van der Waals surface area contributed by atoms with Crippen molar-refractivity contribution in [3.63, 3.8) is 0 Å². The third kappa shape index (κ3) is 7.56. The first-order valence-electron chi connectivity index (χ1n) is 11.0. The van der Waals surface area contributed by atoms with Gasteiger partial charge in [0.1, 0.15) is 11.5 Å². The van der Waals surface area contributed by atoms with Crippen LogP contribution in [0, 0.1) is 6.92 Å². The molecule has 188 valence electrons. The van der Waals surface area contributed by atoms with Gasteiger partial charge in [-0.15, -0.1) is 0 Å². The maximum atomic E-state index is 13.0. The monoisotopic (exact) mass is 489 g/mol. The first-order valence-corrected chi connectivity index (χ1v) is 11.0. The Morgan fingerprint density at radius 3 is 2.17 bits per heavy atom. The molecule has 1 heterocycles. The lowest BCUT2D eigenvalue weighted by Crippen LogP contribution is -2.37. The third-order valence-electron chi connectivity index (χ3n) is 4.92. The van der Waals surface area contributed by atoms with Gasteiger partial charge in [-0.05, 0) is 74.4 Å². The van der Waals surface area contributed by atoms with Gasteiger partial charge in [0.05, 0.1) is 5.56 Å². The number of hydrogen-bond donors (Lipinski definition) is 1. The quantitative estimate of drug-likeness (QED) is 0.471. The van der Waals surface area contributed by atoms with Crippen LogP contribution in [0.3, 0.4) is 0 Å². The summed E-state index contributed by atoms with van der Waals surface area (Å²) in [5.74, 6) is 0.661. The summed E-state index contributed by atoms with van der Waals surface area (Å²) in [4.78, 5) is 14.8. The number of benzene rings is 3. The highest BCUT2D eigenvalue weighted by Gasteiger charge is 2.30. The van der Waals surface area contributed by atoms with Gasteiger partial charge in [-0.3, -0.25) is 4.79 Å². The average Bonchev–Trinajstić information content (AvgIpc) is 2.81. The molecule has 0 fully saturated rings. The summed E-state index contributed by atoms with van der Waals surface area (Å²) in [5, 5.41) is 7.57. The van der Waals surface area contributed by atoms with E-state index in [1.54, 1.807) is 44.2 Å². The number of amides is 1. The number of hydrogen-bond acceptors (Lipinski definition) is 4. The number of carbonyl (C=O) groups is 1. The van der Waals surface area contributed by atoms with E-state index < -0.39 is 11.7 Å². The van der Waals surface area contributed by atoms with Crippen LogP contribution in [-0.4, -0.2) is 38.4 Å². The molecule has 0 saturated heterocycles. The van der Waals surface area contributed by atoms with Crippen molar-refractivity contribution in [1.82, 2.24) is 0 Å². The first kappa shape index (κ1) is 27.9. The molecule has 8 heteroatoms. The van der Waals surface area contributed by atoms with E-state index in [0.29, 0.717) is 30.0 Å². The predicted octanol–water partition coefficient (Wildman–Crippen LogP) is 6.27. The van der Waals surface area contributed by atoms with E-state index in [9.17, 15) is 18.0 Å². The number of fused-ring (bicyclic) bond motifs is 1. The number of aliphatic hydroxyl groups excluding tert-OH is 1. The van der Waals surface area contributed by atoms with Crippen molar-refractivity contribution >= 4 is 11.6 Å². The fourth-order valence-electron chi connectivity index (χ4n) is 3.47. The average molecular weight is 490 g/mol. The van der Waals surface area contributed by atoms with Crippen LogP contribution in [0.5, 0.6) is 11.5 Å². The van der Waals surface area contributed by atoms with Crippen LogP contribution in [0.25, 0.3) is 0 Å². The third-order valence-corrected chi connectivity index (χ3v) is 4.92. The number of halogens is 3. The van der Waals surface area contributed by atoms with Gasteiger partial charge in [-0.2, -0.15) is 13.2 Å². The molecular weight excluding hydrogens is 459 g/mol. The fourth-order valence-corrected chi connectivity index (χ4v) is 3.47. The second-order valence-electron chi connectivity index (χ2n) is 7.68. The standard InChI is InChI=1S/C23H18F3NO2.2C2H6O/c1-15-4-2-5-17(14-15)27-13-12-19-20(22(27)28)6-3-7-21(19)29-18-10-8-16(9-11-18)23(24,25)26;1-3-2;1-2-3/h2-11,14H,12-13H2,1H3;1-2H3;3H,2H2,1H3. The van der Waals surface area contributed by atoms with Crippen LogP contribution >= 0.6 is 0 Å². The number of rotatable bonds is 3. The summed E-state index contributed by atoms with van der Waals surface area (Å²) >= 11 is 0. The summed E-state index contributed by atoms with van der Waals surface area (Å²) in [6.07, 6.45) is -3.80. The minimum atomic E-state index is -4.39. The van der Waals surface area contributed by atoms with Gasteiger partial charge < -0.3 is 19.5 Å². The number of methoxy groups -OCH3 is 1. The molecule has 35 heavy (non-hydrogen) atoms. The number of aliphatic hydroxyl groups is 1. The van der Waals surface area contributed by atoms with E-state index in [0.717, 1.165) is 28.9 Å². The van der Waals surface area contributed by atoms with Crippen molar-refractivity contribution < 1.29 is 32.5 Å². The van der Waals surface area contributed by atoms with E-state index in [2.05, 4.69) is 4.74 Å². The topological polar surface area (TPSA) is 59.0 Å². The van der Waals surface area contributed by atoms with Crippen LogP contribution in [0.1, 0.15) is 34.0 Å². The van der Waals surface area contributed by atoms with Gasteiger partial charge in [-0.25, -0.2) is 0 Å². The van der Waals surface area contributed by atoms with Crippen LogP contribution in [-0.2, 0) is 17.3 Å². The van der Waals surface area contributed by atoms with Crippen molar-refractivity contribution in [3.8, 4) is 11.5 Å². The zero-order chi connectivity index (χ0) is 26.0. The van der Waals surface area contributed by atoms with Crippen LogP contribution < -0.4 is 9.64 Å². The summed E-state index contributed by atoms with van der Waals surface area (Å²) in [5.41, 5.74) is 2.49. The van der Waals surface area contributed by atoms with E-state index in [4.69, 9.17) is 9.84 Å². The highest BCUT2D eigenvalue weighted by molar-refractivity contribution is 6.08. The molecule has 1 N–H and O–H groups in total. The molecule has 0 saturated carbocycles. The normalized spacial score (nSPS) is 12.6. The van der Waals surface area contributed by atoms with Gasteiger partial charge in [0.15, 0.2) is 0 Å². The molecule has 1 aliphatic rings. The van der Waals surface area contributed by atoms with Crippen LogP contribution in [0.15, 0.2) is 66.7 Å². The number of nitrogens with zero attached hydrogens (tertiary/aromatic N) is 1. The molecule has 0 atom stereocenters. The van der Waals surface area contributed by atoms with Gasteiger partial charge in [-0.1, -0.05) is 18.2 Å². The van der Waals surface area contributed by atoms with Crippen molar-refractivity contribution in [2.24, 2.45) is 0 Å². The van der Waals surface area contributed by atoms with Gasteiger partial charge >= 0.3 is 6.18 Å². The Labute approximate surface area is 203 Å². The molecule has 0 spiro atoms. The lowest BCUT2D eigenvalue weighted by molar-refractivity contribution is -0.137.